The Balaban J connectivity index is 4.04. The van der Waals surface area contributed by atoms with Gasteiger partial charge in [0, 0.05) is 151 Å². The summed E-state index contributed by atoms with van der Waals surface area (Å²) >= 11 is 0. The van der Waals surface area contributed by atoms with Gasteiger partial charge in [-0.25, -0.2) is 0 Å². The fourth-order valence-corrected chi connectivity index (χ4v) is 0.777. The smallest absolute Gasteiger partial charge is 0 e. The van der Waals surface area contributed by atoms with E-state index in [1.54, 1.807) is 0 Å². The van der Waals surface area contributed by atoms with Gasteiger partial charge in [0.25, 0.3) is 0 Å². The van der Waals surface area contributed by atoms with Crippen LogP contribution in [0.2, 0.25) is 0 Å². The van der Waals surface area contributed by atoms with Gasteiger partial charge >= 0.3 is 0 Å². The van der Waals surface area contributed by atoms with Gasteiger partial charge in [-0.15, -0.1) is 0 Å². The van der Waals surface area contributed by atoms with Crippen molar-refractivity contribution in [3.63, 3.8) is 0 Å². The highest BCUT2D eigenvalue weighted by molar-refractivity contribution is 4.17. The molecule has 0 radical (unpaired) electrons. The van der Waals surface area contributed by atoms with Crippen LogP contribution in [-0.2, 0) is 0 Å². The number of rotatable bonds is 22. The van der Waals surface area contributed by atoms with Gasteiger partial charge in [-0.3, -0.25) is 0 Å². The van der Waals surface area contributed by atoms with E-state index in [4.69, 9.17) is 5.53 Å². The Kier molecular flexibility index (Phi) is 29.3. The average Bonchev–Trinajstić information content (AvgIpc) is 3.08. The van der Waals surface area contributed by atoms with Crippen LogP contribution in [0.1, 0.15) is 0 Å². The number of nitrogens with two attached hydrogens (primary N) is 1. The van der Waals surface area contributed by atoms with Gasteiger partial charge in [0.2, 0.25) is 0 Å². The third-order valence-electron chi connectivity index (χ3n) is 1.78. The third-order valence-corrected chi connectivity index (χ3v) is 1.78. The maximum Gasteiger partial charge on any atom is 0 e. The van der Waals surface area contributed by atoms with Crippen LogP contribution in [0.5, 0.6) is 0 Å². The molecule has 0 amide bonds. The first-order chi connectivity index (χ1) is 23.4. The van der Waals surface area contributed by atoms with Crippen molar-refractivity contribution in [2.75, 3.05) is 0 Å². The summed E-state index contributed by atoms with van der Waals surface area (Å²) in [6.45, 7) is 0. The molecule has 0 atom stereocenters. The fourth-order valence-electron chi connectivity index (χ4n) is 0.777. The molecule has 0 unspecified atom stereocenters. The quantitative estimate of drug-likeness (QED) is 0.0650. The molecule has 0 aliphatic carbocycles. The highest BCUT2D eigenvalue weighted by Crippen LogP contribution is 1.93. The van der Waals surface area contributed by atoms with Crippen molar-refractivity contribution in [3.8, 4) is 0 Å². The lowest BCUT2D eigenvalue weighted by Gasteiger charge is -1.70. The number of nitrogens with one attached hydrogen (secondary N) is 1. The molecule has 0 aromatic carbocycles. The maximum atomic E-state index is 6.25. The molecule has 0 aliphatic rings. The molecule has 0 bridgehead atoms. The third kappa shape index (κ3) is 36.6. The molecule has 47 heteroatoms. The zero-order valence-electron chi connectivity index (χ0n) is 21.2. The number of hydrogen-bond donors (Lipinski definition) is 2. The highest BCUT2D eigenvalue weighted by Gasteiger charge is 1.74. The first-order valence-electron chi connectivity index (χ1n) is 9.28. The summed E-state index contributed by atoms with van der Waals surface area (Å²) in [6.07, 6.45) is 0. The van der Waals surface area contributed by atoms with Crippen LogP contribution in [0.4, 0.5) is 0 Å². The molecule has 47 nitrogen and oxygen atoms in total. The monoisotopic (exact) mass is 661 g/mol. The van der Waals surface area contributed by atoms with E-state index >= 15 is 0 Å². The zero-order valence-corrected chi connectivity index (χ0v) is 21.2. The van der Waals surface area contributed by atoms with Gasteiger partial charge in [0.15, 0.2) is 0 Å². The Morgan fingerprint density at radius 2 is 0.277 bits per heavy atom. The number of nitrogens with zero attached hydrogens (tertiary/aromatic N) is 45. The lowest BCUT2D eigenvalue weighted by atomic mass is 12.3. The van der Waals surface area contributed by atoms with Gasteiger partial charge in [0.05, 0.1) is 0 Å². The van der Waals surface area contributed by atoms with Crippen molar-refractivity contribution in [3.05, 3.63) is 0 Å². The summed E-state index contributed by atoms with van der Waals surface area (Å²) in [7, 11) is 0. The molecule has 0 aliphatic heterocycles. The van der Waals surface area contributed by atoms with E-state index in [0.717, 1.165) is 0 Å². The van der Waals surface area contributed by atoms with Crippen molar-refractivity contribution >= 4 is 0 Å². The molecule has 0 spiro atoms. The molecule has 0 saturated carbocycles. The van der Waals surface area contributed by atoms with Crippen LogP contribution in [0.3, 0.4) is 0 Å². The summed E-state index contributed by atoms with van der Waals surface area (Å²) in [6, 6.07) is 0. The van der Waals surface area contributed by atoms with E-state index in [9.17, 15) is 0 Å². The summed E-state index contributed by atoms with van der Waals surface area (Å²) in [4.78, 5) is 0. The Labute approximate surface area is 247 Å². The van der Waals surface area contributed by atoms with Gasteiger partial charge in [-0.05, 0) is 78.3 Å². The first-order valence-corrected chi connectivity index (χ1v) is 9.28. The minimum Gasteiger partial charge on any atom is -0.303 e. The summed E-state index contributed by atoms with van der Waals surface area (Å²) in [5, 5.41) is 133. The van der Waals surface area contributed by atoms with Crippen molar-refractivity contribution in [2.45, 2.75) is 0 Å². The van der Waals surface area contributed by atoms with E-state index in [-0.39, 0.29) is 0 Å². The van der Waals surface area contributed by atoms with Gasteiger partial charge in [0.1, 0.15) is 0 Å². The number of hydrogen-bond acceptors (Lipinski definition) is 2. The second kappa shape index (κ2) is 36.6. The molecular formula is H3N47. The second-order valence-corrected chi connectivity index (χ2v) is 4.06. The van der Waals surface area contributed by atoms with Gasteiger partial charge in [-0.1, -0.05) is 5.22 Å². The van der Waals surface area contributed by atoms with E-state index in [1.165, 1.54) is 0 Å². The molecule has 0 aromatic heterocycles. The molecule has 0 saturated heterocycles. The molecule has 0 heterocycles. The molecular weight excluding hydrogens is 658 g/mol. The van der Waals surface area contributed by atoms with E-state index < -0.39 is 0 Å². The predicted molar refractivity (Wildman–Crippen MR) is 116 cm³/mol. The van der Waals surface area contributed by atoms with Crippen LogP contribution in [0.15, 0.2) is 235 Å². The minimum absolute atomic E-state index is 2.50. The summed E-state index contributed by atoms with van der Waals surface area (Å²) in [5.74, 6) is 4.62. The van der Waals surface area contributed by atoms with Crippen molar-refractivity contribution in [1.29, 1.82) is 5.53 Å². The Bertz CT molecular complexity index is 1450. The highest BCUT2D eigenvalue weighted by atomic mass is 15.7. The first kappa shape index (κ1) is 37.6. The lowest BCUT2D eigenvalue weighted by Crippen LogP contribution is -1.70. The van der Waals surface area contributed by atoms with Crippen LogP contribution in [-0.4, -0.2) is 0 Å². The van der Waals surface area contributed by atoms with Crippen molar-refractivity contribution < 1.29 is 0 Å². The molecule has 0 aromatic rings. The summed E-state index contributed by atoms with van der Waals surface area (Å²) in [5.41, 5.74) is 6.25. The van der Waals surface area contributed by atoms with Crippen LogP contribution >= 0.6 is 0 Å². The molecule has 47 heavy (non-hydrogen) atoms. The van der Waals surface area contributed by atoms with E-state index in [1.807, 2.05) is 0 Å². The summed E-state index contributed by atoms with van der Waals surface area (Å²) < 4.78 is 0. The second-order valence-electron chi connectivity index (χ2n) is 4.06. The van der Waals surface area contributed by atoms with Gasteiger partial charge < -0.3 is 5.84 Å². The predicted octanol–water partition coefficient (Wildman–Crippen LogP) is 7.97. The lowest BCUT2D eigenvalue weighted by molar-refractivity contribution is 0.725. The average molecular weight is 661 g/mol. The standard InChI is InChI=1S/H3N47/c1-3-5-7-9-11-13-15-17-19-21-23-25-27-29-31-33-35-37-39-41-43-45-47-46-44-42-40-38-36-34-32-30-28-26-24-22-20-18-16-14-12-10-8-6-4-2/h(H3,1,2,5,6,9,10,13,14,17,18,21,22,25,26,29,30,33,34,37,38,41,42,45,46). The van der Waals surface area contributed by atoms with Crippen LogP contribution < -0.4 is 5.84 Å². The minimum atomic E-state index is 2.50. The Morgan fingerprint density at radius 1 is 0.170 bits per heavy atom. The Hall–Kier alpha value is -9.40. The van der Waals surface area contributed by atoms with Crippen LogP contribution in [0.25, 0.3) is 0 Å². The molecule has 238 valence electrons. The fraction of sp³-hybridized carbons (Fsp3) is 0. The van der Waals surface area contributed by atoms with E-state index in [0.29, 0.717) is 0 Å². The van der Waals surface area contributed by atoms with E-state index in [2.05, 4.69) is 241 Å². The molecule has 0 fully saturated rings. The SMILES string of the molecule is N=N/N=N/N=N/N=N/N=N/N=N/N=N/N=N/N=N/N=N/N=N/N=N/N=N/N=N/N=N/N=N/N=N/N=N/N=N/N=N/N=N/N=N/N=N/N. The molecule has 3 N–H and O–H groups in total. The van der Waals surface area contributed by atoms with Crippen molar-refractivity contribution in [1.82, 2.24) is 0 Å². The normalized spacial score (nSPS) is 15.2. The topological polar surface area (TPSA) is 606 Å². The molecule has 0 rings (SSSR count). The maximum absolute atomic E-state index is 6.25. The van der Waals surface area contributed by atoms with Crippen LogP contribution in [0, 0.1) is 5.53 Å². The Morgan fingerprint density at radius 3 is 0.383 bits per heavy atom. The zero-order chi connectivity index (χ0) is 33.8. The van der Waals surface area contributed by atoms with Crippen molar-refractivity contribution in [2.24, 2.45) is 241 Å². The largest absolute Gasteiger partial charge is 0.303 e. The van der Waals surface area contributed by atoms with Gasteiger partial charge in [-0.2, -0.15) is 5.53 Å².